The number of halogens is 3. The molecule has 7 rings (SSSR count). The number of primary amides is 1. The summed E-state index contributed by atoms with van der Waals surface area (Å²) in [5, 5.41) is 18.4. The minimum absolute atomic E-state index is 0.0208. The average Bonchev–Trinajstić information content (AvgIpc) is 4.16. The lowest BCUT2D eigenvalue weighted by atomic mass is 9.89. The molecule has 70 heavy (non-hydrogen) atoms. The Bertz CT molecular complexity index is 2650. The molecule has 0 unspecified atom stereocenters. The van der Waals surface area contributed by atoms with E-state index in [1.165, 1.54) is 22.9 Å². The molecular formula is C51H64ClF2N8O8+. The van der Waals surface area contributed by atoms with Crippen molar-refractivity contribution in [3.63, 3.8) is 0 Å². The molecule has 19 heteroatoms. The van der Waals surface area contributed by atoms with Gasteiger partial charge in [-0.3, -0.25) is 33.7 Å². The predicted molar refractivity (Wildman–Crippen MR) is 263 cm³/mol. The maximum atomic E-state index is 16.2. The van der Waals surface area contributed by atoms with Crippen molar-refractivity contribution >= 4 is 75.1 Å². The van der Waals surface area contributed by atoms with Gasteiger partial charge in [0.2, 0.25) is 11.8 Å². The number of nitrogens with zero attached hydrogens (tertiary/aromatic N) is 4. The number of carbonyl (C=O) groups is 6. The molecule has 4 aliphatic rings. The largest absolute Gasteiger partial charge is 0.508 e. The SMILES string of the molecule is C=C(O)c1cn([C@H]2C[C@@H]2F)c2c(Cl)c(N3C[C@@H]([N+](C)(C)Cc4ccc(NC(=O)[C@H](CCCNC(N)=O)CC(=O)[C@@H](NC(=O)CCCCCN5C(=O)C=CC5=O)C(C)C)cc4)C4(CC4)C3)c(F)cc2c1=O. The molecule has 1 aromatic heterocycles. The molecule has 3 heterocycles. The number of likely N-dealkylation sites (N-methyl/N-ethyl adjacent to an activating group) is 1. The fourth-order valence-electron chi connectivity index (χ4n) is 10.4. The van der Waals surface area contributed by atoms with Gasteiger partial charge in [-0.15, -0.1) is 0 Å². The fraction of sp³-hybridized carbons (Fsp3) is 0.510. The average molecular weight is 991 g/mol. The van der Waals surface area contributed by atoms with E-state index in [0.717, 1.165) is 29.4 Å². The first kappa shape index (κ1) is 51.7. The van der Waals surface area contributed by atoms with E-state index in [-0.39, 0.29) is 107 Å². The van der Waals surface area contributed by atoms with E-state index < -0.39 is 53.1 Å². The molecule has 5 atom stereocenters. The number of rotatable bonds is 23. The maximum absolute atomic E-state index is 16.2. The number of quaternary nitrogens is 1. The summed E-state index contributed by atoms with van der Waals surface area (Å²) in [5.74, 6) is -3.95. The predicted octanol–water partition coefficient (Wildman–Crippen LogP) is 6.44. The van der Waals surface area contributed by atoms with Gasteiger partial charge in [0, 0.05) is 79.8 Å². The second-order valence-electron chi connectivity index (χ2n) is 20.4. The highest BCUT2D eigenvalue weighted by Crippen LogP contribution is 2.57. The second kappa shape index (κ2) is 21.1. The number of aromatic nitrogens is 1. The van der Waals surface area contributed by atoms with E-state index >= 15 is 4.39 Å². The molecule has 2 aliphatic heterocycles. The lowest BCUT2D eigenvalue weighted by molar-refractivity contribution is -0.930. The van der Waals surface area contributed by atoms with Crippen molar-refractivity contribution in [2.24, 2.45) is 23.0 Å². The van der Waals surface area contributed by atoms with Gasteiger partial charge >= 0.3 is 6.03 Å². The molecule has 0 bridgehead atoms. The van der Waals surface area contributed by atoms with Crippen molar-refractivity contribution in [3.05, 3.63) is 87.4 Å². The van der Waals surface area contributed by atoms with Crippen LogP contribution in [0.1, 0.15) is 95.2 Å². The van der Waals surface area contributed by atoms with E-state index in [0.29, 0.717) is 55.5 Å². The molecular weight excluding hydrogens is 926 g/mol. The van der Waals surface area contributed by atoms with Crippen LogP contribution < -0.4 is 32.0 Å². The van der Waals surface area contributed by atoms with Gasteiger partial charge in [0.15, 0.2) is 11.2 Å². The monoisotopic (exact) mass is 989 g/mol. The molecule has 2 saturated carbocycles. The van der Waals surface area contributed by atoms with Gasteiger partial charge in [0.25, 0.3) is 11.8 Å². The fourth-order valence-corrected chi connectivity index (χ4v) is 10.8. The first-order valence-corrected chi connectivity index (χ1v) is 24.4. The van der Waals surface area contributed by atoms with Gasteiger partial charge in [-0.05, 0) is 62.6 Å². The van der Waals surface area contributed by atoms with Crippen molar-refractivity contribution in [2.45, 2.75) is 109 Å². The van der Waals surface area contributed by atoms with Crippen molar-refractivity contribution in [1.29, 1.82) is 0 Å². The summed E-state index contributed by atoms with van der Waals surface area (Å²) in [6.45, 7) is 9.17. The lowest BCUT2D eigenvalue weighted by Gasteiger charge is -2.39. The summed E-state index contributed by atoms with van der Waals surface area (Å²) < 4.78 is 32.8. The van der Waals surface area contributed by atoms with Crippen LogP contribution >= 0.6 is 11.6 Å². The van der Waals surface area contributed by atoms with Gasteiger partial charge in [0.1, 0.15) is 30.3 Å². The van der Waals surface area contributed by atoms with Crippen LogP contribution in [0, 0.1) is 23.1 Å². The van der Waals surface area contributed by atoms with Crippen LogP contribution in [0.3, 0.4) is 0 Å². The number of pyridine rings is 1. The van der Waals surface area contributed by atoms with E-state index in [1.807, 2.05) is 30.9 Å². The smallest absolute Gasteiger partial charge is 0.312 e. The van der Waals surface area contributed by atoms with Gasteiger partial charge in [-0.25, -0.2) is 13.6 Å². The number of benzene rings is 2. The Morgan fingerprint density at radius 2 is 1.70 bits per heavy atom. The zero-order valence-electron chi connectivity index (χ0n) is 40.2. The second-order valence-corrected chi connectivity index (χ2v) is 20.8. The zero-order valence-corrected chi connectivity index (χ0v) is 41.0. The Morgan fingerprint density at radius 1 is 1.03 bits per heavy atom. The number of hydrogen-bond donors (Lipinski definition) is 5. The Kier molecular flexibility index (Phi) is 15.6. The van der Waals surface area contributed by atoms with Crippen molar-refractivity contribution in [2.75, 3.05) is 50.5 Å². The molecule has 1 saturated heterocycles. The van der Waals surface area contributed by atoms with E-state index in [1.54, 1.807) is 12.1 Å². The van der Waals surface area contributed by atoms with Crippen LogP contribution in [-0.4, -0.2) is 113 Å². The summed E-state index contributed by atoms with van der Waals surface area (Å²) in [6, 6.07) is 6.48. The highest BCUT2D eigenvalue weighted by atomic mass is 35.5. The molecule has 1 spiro atoms. The minimum atomic E-state index is -1.17. The number of anilines is 2. The zero-order chi connectivity index (χ0) is 50.8. The minimum Gasteiger partial charge on any atom is -0.508 e. The Morgan fingerprint density at radius 3 is 2.30 bits per heavy atom. The number of nitrogens with two attached hydrogens (primary N) is 1. The Balaban J connectivity index is 0.983. The van der Waals surface area contributed by atoms with Gasteiger partial charge < -0.3 is 40.7 Å². The number of alkyl halides is 1. The first-order valence-electron chi connectivity index (χ1n) is 24.1. The number of fused-ring (bicyclic) bond motifs is 1. The van der Waals surface area contributed by atoms with Gasteiger partial charge in [-0.1, -0.05) is 50.6 Å². The third kappa shape index (κ3) is 11.5. The molecule has 3 fully saturated rings. The number of imide groups is 1. The van der Waals surface area contributed by atoms with Gasteiger partial charge in [-0.2, -0.15) is 0 Å². The van der Waals surface area contributed by atoms with Crippen LogP contribution in [0.15, 0.2) is 60.1 Å². The molecule has 6 N–H and O–H groups in total. The number of hydrogen-bond acceptors (Lipinski definition) is 9. The standard InChI is InChI=1S/C51H63ClF2N8O8/c1-29(2)45(58-41(65)11-7-6-8-21-60-42(66)16-17-43(60)67)39(64)22-32(10-9-20-56-50(55)70)49(69)57-33-14-12-31(13-15-33)27-62(4,5)40-26-59(28-51(40)18-19-51)47-37(54)23-34-46(44(47)52)61(38-24-36(38)53)25-35(30(3)63)48(34)68/h12-17,23,25,29,32,36,38,40,45H,3,6-11,18-22,24,26-28H2,1-2,4-5H3,(H5-,55,56,57,58,63,65,69,70)/p+1/t32-,36+,38+,40-,45+/m1/s1. The van der Waals surface area contributed by atoms with Crippen LogP contribution in [-0.2, 0) is 30.5 Å². The van der Waals surface area contributed by atoms with E-state index in [9.17, 15) is 43.1 Å². The molecule has 2 aromatic carbocycles. The lowest BCUT2D eigenvalue weighted by Crippen LogP contribution is -2.53. The highest BCUT2D eigenvalue weighted by Gasteiger charge is 2.62. The number of ketones is 1. The molecule has 16 nitrogen and oxygen atoms in total. The normalized spacial score (nSPS) is 20.0. The summed E-state index contributed by atoms with van der Waals surface area (Å²) in [6.07, 6.45) is 6.96. The van der Waals surface area contributed by atoms with E-state index in [4.69, 9.17) is 17.3 Å². The molecule has 2 aliphatic carbocycles. The summed E-state index contributed by atoms with van der Waals surface area (Å²) in [4.78, 5) is 92.1. The first-order chi connectivity index (χ1) is 33.1. The van der Waals surface area contributed by atoms with Crippen LogP contribution in [0.4, 0.5) is 25.0 Å². The Labute approximate surface area is 410 Å². The maximum Gasteiger partial charge on any atom is 0.312 e. The van der Waals surface area contributed by atoms with Crippen molar-refractivity contribution in [3.8, 4) is 0 Å². The van der Waals surface area contributed by atoms with Crippen molar-refractivity contribution < 1.29 is 47.1 Å². The Hall–Kier alpha value is -6.14. The van der Waals surface area contributed by atoms with Crippen LogP contribution in [0.2, 0.25) is 5.02 Å². The molecule has 0 radical (unpaired) electrons. The molecule has 3 aromatic rings. The van der Waals surface area contributed by atoms with Crippen LogP contribution in [0.5, 0.6) is 0 Å². The number of carbonyl (C=O) groups excluding carboxylic acids is 6. The van der Waals surface area contributed by atoms with Crippen LogP contribution in [0.25, 0.3) is 16.7 Å². The summed E-state index contributed by atoms with van der Waals surface area (Å²) >= 11 is 7.04. The molecule has 6 amide bonds. The third-order valence-electron chi connectivity index (χ3n) is 14.4. The van der Waals surface area contributed by atoms with Gasteiger partial charge in [0.05, 0.1) is 59.9 Å². The molecule has 376 valence electrons. The number of nitrogens with one attached hydrogen (secondary N) is 3. The number of aliphatic hydroxyl groups is 1. The quantitative estimate of drug-likeness (QED) is 0.0306. The third-order valence-corrected chi connectivity index (χ3v) is 14.7. The topological polar surface area (TPSA) is 213 Å². The summed E-state index contributed by atoms with van der Waals surface area (Å²) in [7, 11) is 4.25. The number of urea groups is 1. The number of Topliss-reactive ketones (excluding diaryl/α,β-unsaturated/α-hetero) is 1. The highest BCUT2D eigenvalue weighted by molar-refractivity contribution is 6.38. The van der Waals surface area contributed by atoms with E-state index in [2.05, 4.69) is 36.6 Å². The number of amides is 6. The number of aliphatic hydroxyl groups excluding tert-OH is 1. The summed E-state index contributed by atoms with van der Waals surface area (Å²) in [5.41, 5.74) is 6.24. The number of unbranched alkanes of at least 4 members (excludes halogenated alkanes) is 2. The van der Waals surface area contributed by atoms with Crippen molar-refractivity contribution in [1.82, 2.24) is 20.1 Å².